The van der Waals surface area contributed by atoms with Crippen LogP contribution in [0.2, 0.25) is 10.0 Å². The zero-order valence-corrected chi connectivity index (χ0v) is 18.0. The first-order chi connectivity index (χ1) is 15.4. The van der Waals surface area contributed by atoms with Gasteiger partial charge in [-0.05, 0) is 29.8 Å². The van der Waals surface area contributed by atoms with Crippen LogP contribution in [-0.2, 0) is 13.1 Å². The van der Waals surface area contributed by atoms with Crippen molar-refractivity contribution in [1.29, 1.82) is 0 Å². The molecule has 2 aromatic heterocycles. The van der Waals surface area contributed by atoms with Crippen molar-refractivity contribution in [3.63, 3.8) is 0 Å². The molecule has 2 heterocycles. The average molecular weight is 471 g/mol. The molecule has 2 aromatic carbocycles. The summed E-state index contributed by atoms with van der Waals surface area (Å²) >= 11 is 12.4. The van der Waals surface area contributed by atoms with Gasteiger partial charge in [-0.2, -0.15) is 10.2 Å². The second-order valence-electron chi connectivity index (χ2n) is 6.90. The second kappa shape index (κ2) is 9.21. The van der Waals surface area contributed by atoms with Crippen LogP contribution in [0, 0.1) is 10.1 Å². The zero-order chi connectivity index (χ0) is 22.7. The van der Waals surface area contributed by atoms with Gasteiger partial charge in [-0.15, -0.1) is 0 Å². The minimum Gasteiger partial charge on any atom is -0.305 e. The van der Waals surface area contributed by atoms with E-state index in [1.165, 1.54) is 17.1 Å². The van der Waals surface area contributed by atoms with E-state index < -0.39 is 4.92 Å². The highest BCUT2D eigenvalue weighted by molar-refractivity contribution is 6.35. The summed E-state index contributed by atoms with van der Waals surface area (Å²) < 4.78 is 3.10. The molecule has 1 amide bonds. The van der Waals surface area contributed by atoms with E-state index in [2.05, 4.69) is 15.5 Å². The quantitative estimate of drug-likeness (QED) is 0.312. The molecule has 0 unspecified atom stereocenters. The number of nitrogens with one attached hydrogen (secondary N) is 1. The Hall–Kier alpha value is -3.69. The molecule has 0 saturated carbocycles. The third-order valence-corrected chi connectivity index (χ3v) is 5.36. The number of hydrogen-bond donors (Lipinski definition) is 1. The van der Waals surface area contributed by atoms with Gasteiger partial charge in [-0.3, -0.25) is 24.3 Å². The molecular weight excluding hydrogens is 455 g/mol. The van der Waals surface area contributed by atoms with E-state index in [4.69, 9.17) is 23.2 Å². The number of hydrogen-bond acceptors (Lipinski definition) is 5. The molecule has 4 rings (SSSR count). The van der Waals surface area contributed by atoms with Gasteiger partial charge in [0.05, 0.1) is 18.0 Å². The second-order valence-corrected chi connectivity index (χ2v) is 7.72. The molecule has 1 N–H and O–H groups in total. The predicted octanol–water partition coefficient (Wildman–Crippen LogP) is 4.64. The van der Waals surface area contributed by atoms with Gasteiger partial charge in [0.2, 0.25) is 0 Å². The normalized spacial score (nSPS) is 10.8. The van der Waals surface area contributed by atoms with E-state index in [0.717, 1.165) is 11.1 Å². The first-order valence-corrected chi connectivity index (χ1v) is 10.2. The number of aromatic nitrogens is 4. The molecule has 0 bridgehead atoms. The van der Waals surface area contributed by atoms with Crippen molar-refractivity contribution in [2.24, 2.45) is 0 Å². The minimum absolute atomic E-state index is 0.0720. The van der Waals surface area contributed by atoms with Crippen LogP contribution >= 0.6 is 23.2 Å². The molecule has 4 aromatic rings. The fraction of sp³-hybridized carbons (Fsp3) is 0.0952. The van der Waals surface area contributed by atoms with E-state index in [0.29, 0.717) is 34.5 Å². The zero-order valence-electron chi connectivity index (χ0n) is 16.5. The van der Waals surface area contributed by atoms with Crippen LogP contribution in [0.5, 0.6) is 0 Å². The Morgan fingerprint density at radius 2 is 1.75 bits per heavy atom. The van der Waals surface area contributed by atoms with E-state index in [1.54, 1.807) is 59.4 Å². The van der Waals surface area contributed by atoms with Crippen molar-refractivity contribution in [3.05, 3.63) is 104 Å². The number of carbonyl (C=O) groups is 1. The summed E-state index contributed by atoms with van der Waals surface area (Å²) in [5, 5.41) is 22.9. The Morgan fingerprint density at radius 3 is 2.41 bits per heavy atom. The molecule has 162 valence electrons. The summed E-state index contributed by atoms with van der Waals surface area (Å²) in [6.45, 7) is 0.722. The van der Waals surface area contributed by atoms with Gasteiger partial charge in [0.1, 0.15) is 12.4 Å². The van der Waals surface area contributed by atoms with E-state index in [9.17, 15) is 14.9 Å². The van der Waals surface area contributed by atoms with Crippen LogP contribution in [-0.4, -0.2) is 30.4 Å². The highest BCUT2D eigenvalue weighted by Crippen LogP contribution is 2.25. The van der Waals surface area contributed by atoms with Crippen molar-refractivity contribution >= 4 is 40.6 Å². The summed E-state index contributed by atoms with van der Waals surface area (Å²) in [6, 6.07) is 13.8. The highest BCUT2D eigenvalue weighted by atomic mass is 35.5. The minimum atomic E-state index is -0.499. The van der Waals surface area contributed by atoms with Crippen LogP contribution in [0.1, 0.15) is 21.5 Å². The van der Waals surface area contributed by atoms with Gasteiger partial charge in [0.15, 0.2) is 5.82 Å². The van der Waals surface area contributed by atoms with Gasteiger partial charge < -0.3 is 5.32 Å². The van der Waals surface area contributed by atoms with Gasteiger partial charge in [0.25, 0.3) is 5.91 Å². The number of nitrogens with zero attached hydrogens (tertiary/aromatic N) is 5. The van der Waals surface area contributed by atoms with Crippen molar-refractivity contribution < 1.29 is 9.72 Å². The molecule has 0 aliphatic carbocycles. The van der Waals surface area contributed by atoms with Crippen LogP contribution in [0.3, 0.4) is 0 Å². The number of nitro groups is 1. The third-order valence-electron chi connectivity index (χ3n) is 4.66. The Labute approximate surface area is 192 Å². The predicted molar refractivity (Wildman–Crippen MR) is 120 cm³/mol. The number of anilines is 1. The topological polar surface area (TPSA) is 108 Å². The van der Waals surface area contributed by atoms with Crippen molar-refractivity contribution in [2.45, 2.75) is 13.1 Å². The maximum Gasteiger partial charge on any atom is 0.307 e. The average Bonchev–Trinajstić information content (AvgIpc) is 3.41. The SMILES string of the molecule is O=C(Nc1ccn(Cc2c(Cl)cccc2Cl)n1)c1ccc(Cn2cc([N+](=O)[O-])cn2)cc1. The Balaban J connectivity index is 1.38. The lowest BCUT2D eigenvalue weighted by Crippen LogP contribution is -2.13. The maximum absolute atomic E-state index is 12.5. The first kappa shape index (κ1) is 21.5. The largest absolute Gasteiger partial charge is 0.307 e. The molecule has 0 aliphatic rings. The molecule has 32 heavy (non-hydrogen) atoms. The lowest BCUT2D eigenvalue weighted by Gasteiger charge is -2.07. The van der Waals surface area contributed by atoms with Gasteiger partial charge in [0, 0.05) is 33.4 Å². The fourth-order valence-corrected chi connectivity index (χ4v) is 3.55. The molecule has 0 atom stereocenters. The fourth-order valence-electron chi connectivity index (χ4n) is 3.03. The maximum atomic E-state index is 12.5. The van der Waals surface area contributed by atoms with Gasteiger partial charge >= 0.3 is 5.69 Å². The molecule has 11 heteroatoms. The van der Waals surface area contributed by atoms with Gasteiger partial charge in [-0.1, -0.05) is 41.4 Å². The number of halogens is 2. The number of amides is 1. The summed E-state index contributed by atoms with van der Waals surface area (Å²) in [5.74, 6) is 0.0819. The smallest absolute Gasteiger partial charge is 0.305 e. The molecule has 0 aliphatic heterocycles. The Morgan fingerprint density at radius 1 is 1.03 bits per heavy atom. The summed E-state index contributed by atoms with van der Waals surface area (Å²) in [4.78, 5) is 22.8. The Kier molecular flexibility index (Phi) is 6.20. The van der Waals surface area contributed by atoms with Crippen LogP contribution in [0.25, 0.3) is 0 Å². The molecule has 0 saturated heterocycles. The summed E-state index contributed by atoms with van der Waals surface area (Å²) in [6.07, 6.45) is 4.27. The first-order valence-electron chi connectivity index (χ1n) is 9.42. The van der Waals surface area contributed by atoms with Crippen LogP contribution in [0.4, 0.5) is 11.5 Å². The lowest BCUT2D eigenvalue weighted by molar-refractivity contribution is -0.385. The number of rotatable bonds is 7. The van der Waals surface area contributed by atoms with E-state index >= 15 is 0 Å². The third kappa shape index (κ3) is 4.96. The molecular formula is C21H16Cl2N6O3. The van der Waals surface area contributed by atoms with Crippen molar-refractivity contribution in [3.8, 4) is 0 Å². The molecule has 9 nitrogen and oxygen atoms in total. The summed E-state index contributed by atoms with van der Waals surface area (Å²) in [5.41, 5.74) is 1.97. The van der Waals surface area contributed by atoms with Crippen LogP contribution in [0.15, 0.2) is 67.1 Å². The van der Waals surface area contributed by atoms with Gasteiger partial charge in [-0.25, -0.2) is 0 Å². The molecule has 0 spiro atoms. The Bertz CT molecular complexity index is 1260. The van der Waals surface area contributed by atoms with Crippen molar-refractivity contribution in [1.82, 2.24) is 19.6 Å². The number of benzene rings is 2. The summed E-state index contributed by atoms with van der Waals surface area (Å²) in [7, 11) is 0. The highest BCUT2D eigenvalue weighted by Gasteiger charge is 2.12. The van der Waals surface area contributed by atoms with E-state index in [1.807, 2.05) is 0 Å². The lowest BCUT2D eigenvalue weighted by atomic mass is 10.1. The standard InChI is InChI=1S/C21H16Cl2N6O3/c22-18-2-1-3-19(23)17(18)13-27-9-8-20(26-27)25-21(30)15-6-4-14(5-7-15)11-28-12-16(10-24-28)29(31)32/h1-10,12H,11,13H2,(H,25,26,30). The van der Waals surface area contributed by atoms with Crippen molar-refractivity contribution in [2.75, 3.05) is 5.32 Å². The van der Waals surface area contributed by atoms with Crippen LogP contribution < -0.4 is 5.32 Å². The monoisotopic (exact) mass is 470 g/mol. The van der Waals surface area contributed by atoms with E-state index in [-0.39, 0.29) is 11.6 Å². The molecule has 0 fully saturated rings. The number of carbonyl (C=O) groups excluding carboxylic acids is 1. The molecule has 0 radical (unpaired) electrons.